The van der Waals surface area contributed by atoms with Crippen LogP contribution in [0, 0.1) is 22.7 Å². The highest BCUT2D eigenvalue weighted by Crippen LogP contribution is 2.46. The molecule has 0 aromatic carbocycles. The first kappa shape index (κ1) is 38.0. The maximum atomic E-state index is 13.7. The van der Waals surface area contributed by atoms with Gasteiger partial charge >= 0.3 is 20.5 Å². The number of ether oxygens (including phenoxy) is 1. The molecule has 0 radical (unpaired) electrons. The van der Waals surface area contributed by atoms with Crippen LogP contribution in [-0.4, -0.2) is 60.4 Å². The third kappa shape index (κ3) is 11.0. The summed E-state index contributed by atoms with van der Waals surface area (Å²) in [6.45, 7) is 24.3. The molecule has 11 heteroatoms. The molecule has 2 heterocycles. The zero-order valence-electron chi connectivity index (χ0n) is 29.2. The Labute approximate surface area is 264 Å². The van der Waals surface area contributed by atoms with Crippen LogP contribution in [0.4, 0.5) is 0 Å². The predicted octanol–water partition coefficient (Wildman–Crippen LogP) is 7.79. The van der Waals surface area contributed by atoms with E-state index in [4.69, 9.17) is 13.0 Å². The Bertz CT molecular complexity index is 1010. The zero-order chi connectivity index (χ0) is 32.9. The Morgan fingerprint density at radius 2 is 1.35 bits per heavy atom. The van der Waals surface area contributed by atoms with E-state index in [2.05, 4.69) is 60.1 Å². The van der Waals surface area contributed by atoms with E-state index in [9.17, 15) is 19.2 Å². The summed E-state index contributed by atoms with van der Waals surface area (Å²) in [5, 5.41) is 0. The topological polar surface area (TPSA) is 99.2 Å². The summed E-state index contributed by atoms with van der Waals surface area (Å²) in [5.74, 6) is -1.71. The molecule has 0 spiro atoms. The van der Waals surface area contributed by atoms with Crippen LogP contribution in [0.15, 0.2) is 0 Å². The lowest BCUT2D eigenvalue weighted by molar-refractivity contribution is -0.154. The molecule has 8 nitrogen and oxygen atoms in total. The molecule has 3 atom stereocenters. The summed E-state index contributed by atoms with van der Waals surface area (Å²) in [4.78, 5) is 52.2. The summed E-state index contributed by atoms with van der Waals surface area (Å²) in [5.41, 5.74) is -0.663. The van der Waals surface area contributed by atoms with Crippen LogP contribution < -0.4 is 0 Å². The van der Waals surface area contributed by atoms with Gasteiger partial charge in [0.2, 0.25) is 11.8 Å². The Hall–Kier alpha value is -1.15. The third-order valence-corrected chi connectivity index (χ3v) is 21.1. The number of hydrogen-bond acceptors (Lipinski definition) is 7. The molecule has 0 saturated carbocycles. The summed E-state index contributed by atoms with van der Waals surface area (Å²) >= 11 is 0. The van der Waals surface area contributed by atoms with Gasteiger partial charge < -0.3 is 13.0 Å². The van der Waals surface area contributed by atoms with E-state index >= 15 is 0 Å². The van der Waals surface area contributed by atoms with Crippen LogP contribution in [0.25, 0.3) is 0 Å². The fraction of sp³-hybridized carbons (Fsp3) is 0.875. The monoisotopic (exact) mass is 655 g/mol. The van der Waals surface area contributed by atoms with Crippen LogP contribution in [0.2, 0.25) is 51.4 Å². The van der Waals surface area contributed by atoms with E-state index < -0.39 is 43.1 Å². The minimum absolute atomic E-state index is 0.0349. The van der Waals surface area contributed by atoms with Crippen molar-refractivity contribution in [3.63, 3.8) is 0 Å². The lowest BCUT2D eigenvalue weighted by atomic mass is 9.67. The molecule has 2 aliphatic heterocycles. The number of carbonyl (C=O) groups excluding carboxylic acids is 4. The van der Waals surface area contributed by atoms with E-state index in [1.54, 1.807) is 0 Å². The highest BCUT2D eigenvalue weighted by Gasteiger charge is 2.49. The largest absolute Gasteiger partial charge is 0.437 e. The first-order valence-corrected chi connectivity index (χ1v) is 25.7. The molecular formula is C32H61NO7Si3. The predicted molar refractivity (Wildman–Crippen MR) is 178 cm³/mol. The molecule has 2 fully saturated rings. The number of likely N-dealkylation sites (tertiary alicyclic amines) is 1. The third-order valence-electron chi connectivity index (χ3n) is 9.63. The van der Waals surface area contributed by atoms with Crippen molar-refractivity contribution in [3.05, 3.63) is 0 Å². The van der Waals surface area contributed by atoms with E-state index in [0.717, 1.165) is 50.6 Å². The normalized spacial score (nSPS) is 22.0. The molecule has 2 amide bonds. The van der Waals surface area contributed by atoms with Crippen molar-refractivity contribution in [2.45, 2.75) is 150 Å². The van der Waals surface area contributed by atoms with Crippen molar-refractivity contribution < 1.29 is 32.1 Å². The summed E-state index contributed by atoms with van der Waals surface area (Å²) in [6.07, 6.45) is 7.67. The number of cyclic esters (lactones) is 2. The van der Waals surface area contributed by atoms with Gasteiger partial charge in [-0.15, -0.1) is 0 Å². The molecule has 43 heavy (non-hydrogen) atoms. The average Bonchev–Trinajstić information content (AvgIpc) is 3.34. The number of amides is 2. The van der Waals surface area contributed by atoms with Crippen molar-refractivity contribution in [1.82, 2.24) is 4.90 Å². The van der Waals surface area contributed by atoms with Gasteiger partial charge in [-0.25, -0.2) is 0 Å². The van der Waals surface area contributed by atoms with Gasteiger partial charge in [-0.1, -0.05) is 60.3 Å². The summed E-state index contributed by atoms with van der Waals surface area (Å²) in [7, 11) is -6.11. The zero-order valence-corrected chi connectivity index (χ0v) is 32.2. The number of hydrogen-bond donors (Lipinski definition) is 0. The molecule has 3 unspecified atom stereocenters. The second-order valence-electron chi connectivity index (χ2n) is 15.8. The number of rotatable bonds is 19. The molecule has 248 valence electrons. The second-order valence-corrected chi connectivity index (χ2v) is 28.2. The molecule has 0 N–H and O–H groups in total. The van der Waals surface area contributed by atoms with Crippen LogP contribution in [0.5, 0.6) is 0 Å². The van der Waals surface area contributed by atoms with Gasteiger partial charge in [0.15, 0.2) is 16.6 Å². The van der Waals surface area contributed by atoms with Gasteiger partial charge in [-0.3, -0.25) is 24.1 Å². The van der Waals surface area contributed by atoms with Gasteiger partial charge in [-0.2, -0.15) is 0 Å². The number of nitrogens with zero attached hydrogens (tertiary/aromatic N) is 1. The highest BCUT2D eigenvalue weighted by atomic mass is 28.5. The Morgan fingerprint density at radius 3 is 1.86 bits per heavy atom. The van der Waals surface area contributed by atoms with Gasteiger partial charge in [0.05, 0.1) is 18.3 Å². The molecule has 0 aromatic heterocycles. The lowest BCUT2D eigenvalue weighted by Crippen LogP contribution is -2.52. The number of esters is 2. The summed E-state index contributed by atoms with van der Waals surface area (Å²) in [6, 6.07) is 2.02. The minimum atomic E-state index is -2.29. The molecule has 0 aliphatic carbocycles. The number of carbonyl (C=O) groups is 4. The molecule has 2 rings (SSSR count). The van der Waals surface area contributed by atoms with Crippen molar-refractivity contribution in [2.75, 3.05) is 6.54 Å². The Morgan fingerprint density at radius 1 is 0.767 bits per heavy atom. The van der Waals surface area contributed by atoms with E-state index in [0.29, 0.717) is 6.54 Å². The smallest absolute Gasteiger partial charge is 0.317 e. The van der Waals surface area contributed by atoms with E-state index in [1.165, 1.54) is 17.7 Å². The van der Waals surface area contributed by atoms with E-state index in [1.807, 2.05) is 13.8 Å². The van der Waals surface area contributed by atoms with Crippen molar-refractivity contribution in [3.8, 4) is 0 Å². The molecule has 2 saturated heterocycles. The fourth-order valence-corrected chi connectivity index (χ4v) is 21.6. The van der Waals surface area contributed by atoms with Gasteiger partial charge in [-0.05, 0) is 87.9 Å². The molecular weight excluding hydrogens is 595 g/mol. The van der Waals surface area contributed by atoms with E-state index in [-0.39, 0.29) is 41.4 Å². The van der Waals surface area contributed by atoms with Crippen molar-refractivity contribution in [2.24, 2.45) is 22.7 Å². The molecule has 0 aromatic rings. The first-order valence-electron chi connectivity index (χ1n) is 16.7. The fourth-order valence-electron chi connectivity index (χ4n) is 7.42. The SMILES string of the molecule is CCCC[Si](C)(C)O[Si](C)(C)O[Si](C)(C)CCCN1C(=O)CC(C(C)(CCC)CCCC(C)(C)C2CC(=O)OC2=O)C1=O. The number of imide groups is 1. The van der Waals surface area contributed by atoms with Crippen LogP contribution in [-0.2, 0) is 32.1 Å². The molecule has 0 bridgehead atoms. The van der Waals surface area contributed by atoms with Crippen LogP contribution in [0.3, 0.4) is 0 Å². The summed E-state index contributed by atoms with van der Waals surface area (Å²) < 4.78 is 18.2. The van der Waals surface area contributed by atoms with Crippen molar-refractivity contribution >= 4 is 48.9 Å². The average molecular weight is 656 g/mol. The van der Waals surface area contributed by atoms with Gasteiger partial charge in [0.1, 0.15) is 0 Å². The van der Waals surface area contributed by atoms with Crippen molar-refractivity contribution in [1.29, 1.82) is 0 Å². The van der Waals surface area contributed by atoms with Crippen LogP contribution in [0.1, 0.15) is 98.8 Å². The Kier molecular flexibility index (Phi) is 13.2. The second kappa shape index (κ2) is 15.0. The first-order chi connectivity index (χ1) is 19.7. The highest BCUT2D eigenvalue weighted by molar-refractivity contribution is 6.87. The van der Waals surface area contributed by atoms with Crippen LogP contribution >= 0.6 is 0 Å². The maximum Gasteiger partial charge on any atom is 0.317 e. The molecule has 2 aliphatic rings. The lowest BCUT2D eigenvalue weighted by Gasteiger charge is -2.39. The Balaban J connectivity index is 1.96. The van der Waals surface area contributed by atoms with Gasteiger partial charge in [0, 0.05) is 13.0 Å². The quantitative estimate of drug-likeness (QED) is 0.0606. The number of unbranched alkanes of at least 4 members (excludes halogenated alkanes) is 1. The maximum absolute atomic E-state index is 13.7. The minimum Gasteiger partial charge on any atom is -0.437 e. The van der Waals surface area contributed by atoms with Gasteiger partial charge in [0.25, 0.3) is 0 Å². The standard InChI is InChI=1S/C32H61NO7Si3/c1-12-14-21-41(6,7)39-43(10,11)40-42(8,9)22-16-20-33-27(34)23-25(29(33)36)32(5,17-13-2)19-15-18-31(3,4)26-24-28(35)38-30(26)37/h25-26H,12-24H2,1-11H3.